The number of hydrogen-bond acceptors (Lipinski definition) is 5. The molecular formula is C22H15N3O3. The zero-order valence-electron chi connectivity index (χ0n) is 15.0. The third-order valence-electron chi connectivity index (χ3n) is 4.90. The molecule has 0 bridgehead atoms. The van der Waals surface area contributed by atoms with Gasteiger partial charge in [0.15, 0.2) is 5.43 Å². The number of carbonyl (C=O) groups excluding carboxylic acids is 1. The number of nitrogens with zero attached hydrogens (tertiary/aromatic N) is 3. The summed E-state index contributed by atoms with van der Waals surface area (Å²) in [6.45, 7) is 1.86. The van der Waals surface area contributed by atoms with Crippen LogP contribution >= 0.6 is 0 Å². The van der Waals surface area contributed by atoms with Crippen LogP contribution in [0.5, 0.6) is 0 Å². The van der Waals surface area contributed by atoms with Crippen molar-refractivity contribution in [3.63, 3.8) is 0 Å². The summed E-state index contributed by atoms with van der Waals surface area (Å²) in [6.07, 6.45) is 3.31. The smallest absolute Gasteiger partial charge is 0.296 e. The van der Waals surface area contributed by atoms with Gasteiger partial charge in [0.2, 0.25) is 5.76 Å². The van der Waals surface area contributed by atoms with E-state index in [2.05, 4.69) is 9.97 Å². The van der Waals surface area contributed by atoms with E-state index in [1.54, 1.807) is 48.8 Å². The minimum absolute atomic E-state index is 0.0564. The first-order valence-electron chi connectivity index (χ1n) is 8.88. The lowest BCUT2D eigenvalue weighted by molar-refractivity contribution is 0.0970. The summed E-state index contributed by atoms with van der Waals surface area (Å²) in [5, 5.41) is 0.446. The highest BCUT2D eigenvalue weighted by Gasteiger charge is 2.44. The second-order valence-corrected chi connectivity index (χ2v) is 6.67. The normalized spacial score (nSPS) is 15.8. The van der Waals surface area contributed by atoms with Gasteiger partial charge in [0.05, 0.1) is 17.0 Å². The van der Waals surface area contributed by atoms with E-state index < -0.39 is 6.04 Å². The van der Waals surface area contributed by atoms with E-state index in [-0.39, 0.29) is 17.1 Å². The lowest BCUT2D eigenvalue weighted by Gasteiger charge is -2.24. The van der Waals surface area contributed by atoms with Crippen LogP contribution in [-0.2, 0) is 0 Å². The van der Waals surface area contributed by atoms with Gasteiger partial charge in [0.1, 0.15) is 11.4 Å². The molecule has 0 spiro atoms. The molecule has 0 fully saturated rings. The third-order valence-corrected chi connectivity index (χ3v) is 4.90. The monoisotopic (exact) mass is 369 g/mol. The molecule has 1 aliphatic heterocycles. The van der Waals surface area contributed by atoms with Gasteiger partial charge < -0.3 is 4.42 Å². The molecule has 0 aliphatic carbocycles. The Morgan fingerprint density at radius 3 is 2.64 bits per heavy atom. The lowest BCUT2D eigenvalue weighted by Crippen LogP contribution is -2.30. The van der Waals surface area contributed by atoms with E-state index in [0.717, 1.165) is 11.3 Å². The molecule has 0 radical (unpaired) electrons. The number of fused-ring (bicyclic) bond motifs is 2. The molecule has 5 rings (SSSR count). The van der Waals surface area contributed by atoms with Gasteiger partial charge in [-0.25, -0.2) is 4.98 Å². The summed E-state index contributed by atoms with van der Waals surface area (Å²) in [6, 6.07) is 15.4. The van der Waals surface area contributed by atoms with Crippen LogP contribution < -0.4 is 10.3 Å². The predicted octanol–water partition coefficient (Wildman–Crippen LogP) is 3.64. The Kier molecular flexibility index (Phi) is 3.58. The Bertz CT molecular complexity index is 1280. The van der Waals surface area contributed by atoms with Crippen molar-refractivity contribution in [1.82, 2.24) is 9.97 Å². The zero-order chi connectivity index (χ0) is 19.3. The molecule has 1 aliphatic rings. The highest BCUT2D eigenvalue weighted by atomic mass is 16.3. The summed E-state index contributed by atoms with van der Waals surface area (Å²) >= 11 is 0. The van der Waals surface area contributed by atoms with E-state index in [4.69, 9.17) is 4.42 Å². The quantitative estimate of drug-likeness (QED) is 0.539. The maximum Gasteiger partial charge on any atom is 0.296 e. The SMILES string of the molecule is Cc1cccc(N2C(=O)c3oc4ccccc4c(=O)c3C2c2cccnc2)n1. The molecule has 0 N–H and O–H groups in total. The summed E-state index contributed by atoms with van der Waals surface area (Å²) in [5.41, 5.74) is 1.99. The first-order chi connectivity index (χ1) is 13.6. The van der Waals surface area contributed by atoms with E-state index in [9.17, 15) is 9.59 Å². The minimum Gasteiger partial charge on any atom is -0.450 e. The lowest BCUT2D eigenvalue weighted by atomic mass is 10.00. The first kappa shape index (κ1) is 16.4. The molecule has 136 valence electrons. The molecule has 1 amide bonds. The second-order valence-electron chi connectivity index (χ2n) is 6.67. The number of benzene rings is 1. The molecule has 4 heterocycles. The summed E-state index contributed by atoms with van der Waals surface area (Å²) < 4.78 is 5.89. The van der Waals surface area contributed by atoms with Gasteiger partial charge in [-0.2, -0.15) is 0 Å². The van der Waals surface area contributed by atoms with Crippen LogP contribution in [0.4, 0.5) is 5.82 Å². The van der Waals surface area contributed by atoms with Crippen LogP contribution in [0.2, 0.25) is 0 Å². The van der Waals surface area contributed by atoms with Crippen LogP contribution in [0, 0.1) is 6.92 Å². The molecule has 6 nitrogen and oxygen atoms in total. The van der Waals surface area contributed by atoms with Gasteiger partial charge >= 0.3 is 0 Å². The molecular weight excluding hydrogens is 354 g/mol. The maximum absolute atomic E-state index is 13.3. The molecule has 6 heteroatoms. The van der Waals surface area contributed by atoms with Crippen LogP contribution in [0.25, 0.3) is 11.0 Å². The van der Waals surface area contributed by atoms with E-state index in [1.807, 2.05) is 25.1 Å². The Hall–Kier alpha value is -3.80. The fourth-order valence-electron chi connectivity index (χ4n) is 3.67. The fourth-order valence-corrected chi connectivity index (χ4v) is 3.67. The Morgan fingerprint density at radius 2 is 1.86 bits per heavy atom. The largest absolute Gasteiger partial charge is 0.450 e. The van der Waals surface area contributed by atoms with Gasteiger partial charge in [0, 0.05) is 18.1 Å². The number of aromatic nitrogens is 2. The molecule has 0 saturated heterocycles. The second kappa shape index (κ2) is 6.13. The summed E-state index contributed by atoms with van der Waals surface area (Å²) in [5.74, 6) is 0.138. The topological polar surface area (TPSA) is 76.3 Å². The fraction of sp³-hybridized carbons (Fsp3) is 0.0909. The number of pyridine rings is 2. The minimum atomic E-state index is -0.647. The molecule has 3 aromatic heterocycles. The van der Waals surface area contributed by atoms with Crippen LogP contribution in [-0.4, -0.2) is 15.9 Å². The van der Waals surface area contributed by atoms with Crippen molar-refractivity contribution in [2.75, 3.05) is 4.90 Å². The molecule has 4 aromatic rings. The number of carbonyl (C=O) groups is 1. The first-order valence-corrected chi connectivity index (χ1v) is 8.88. The van der Waals surface area contributed by atoms with Crippen molar-refractivity contribution in [3.8, 4) is 0 Å². The summed E-state index contributed by atoms with van der Waals surface area (Å²) in [7, 11) is 0. The molecule has 28 heavy (non-hydrogen) atoms. The Morgan fingerprint density at radius 1 is 1.00 bits per heavy atom. The average Bonchev–Trinajstić information content (AvgIpc) is 3.02. The number of amides is 1. The van der Waals surface area contributed by atoms with Crippen molar-refractivity contribution in [2.45, 2.75) is 13.0 Å². The molecule has 1 atom stereocenters. The zero-order valence-corrected chi connectivity index (χ0v) is 15.0. The van der Waals surface area contributed by atoms with Crippen LogP contribution in [0.1, 0.15) is 33.4 Å². The average molecular weight is 369 g/mol. The van der Waals surface area contributed by atoms with Gasteiger partial charge in [-0.05, 0) is 42.8 Å². The standard InChI is InChI=1S/C22H15N3O3/c1-13-6-4-10-17(24-13)25-19(14-7-5-11-23-12-14)18-20(26)15-8-2-3-9-16(15)28-21(18)22(25)27/h2-12,19H,1H3. The van der Waals surface area contributed by atoms with Gasteiger partial charge in [-0.15, -0.1) is 0 Å². The van der Waals surface area contributed by atoms with E-state index in [0.29, 0.717) is 22.4 Å². The molecule has 1 unspecified atom stereocenters. The highest BCUT2D eigenvalue weighted by molar-refractivity contribution is 6.10. The number of para-hydroxylation sites is 1. The van der Waals surface area contributed by atoms with Crippen LogP contribution in [0.3, 0.4) is 0 Å². The summed E-state index contributed by atoms with van der Waals surface area (Å²) in [4.78, 5) is 36.8. The van der Waals surface area contributed by atoms with E-state index >= 15 is 0 Å². The molecule has 0 saturated carbocycles. The maximum atomic E-state index is 13.3. The Balaban J connectivity index is 1.83. The Labute approximate surface area is 160 Å². The van der Waals surface area contributed by atoms with Crippen molar-refractivity contribution < 1.29 is 9.21 Å². The highest BCUT2D eigenvalue weighted by Crippen LogP contribution is 2.40. The van der Waals surface area contributed by atoms with Gasteiger partial charge in [-0.1, -0.05) is 24.3 Å². The number of rotatable bonds is 2. The number of aryl methyl sites for hydroxylation is 1. The van der Waals surface area contributed by atoms with Gasteiger partial charge in [-0.3, -0.25) is 19.5 Å². The van der Waals surface area contributed by atoms with Crippen LogP contribution in [0.15, 0.2) is 76.2 Å². The number of anilines is 1. The van der Waals surface area contributed by atoms with Crippen molar-refractivity contribution in [1.29, 1.82) is 0 Å². The van der Waals surface area contributed by atoms with E-state index in [1.165, 1.54) is 4.90 Å². The number of hydrogen-bond donors (Lipinski definition) is 0. The predicted molar refractivity (Wildman–Crippen MR) is 104 cm³/mol. The van der Waals surface area contributed by atoms with Gasteiger partial charge in [0.25, 0.3) is 5.91 Å². The van der Waals surface area contributed by atoms with Crippen molar-refractivity contribution in [2.24, 2.45) is 0 Å². The molecule has 1 aromatic carbocycles. The third kappa shape index (κ3) is 2.35. The van der Waals surface area contributed by atoms with Crippen molar-refractivity contribution >= 4 is 22.7 Å². The van der Waals surface area contributed by atoms with Crippen molar-refractivity contribution in [3.05, 3.63) is 99.8 Å².